The SMILES string of the molecule is Cc1ccc(NC(=O)C2CCN(C(=O)c3sc4ccccc4c3C)CC2)nc1. The molecule has 0 spiro atoms. The average molecular weight is 394 g/mol. The number of aryl methyl sites for hydroxylation is 2. The summed E-state index contributed by atoms with van der Waals surface area (Å²) in [6, 6.07) is 11.9. The van der Waals surface area contributed by atoms with E-state index in [1.165, 1.54) is 0 Å². The second-order valence-corrected chi connectivity index (χ2v) is 8.38. The second kappa shape index (κ2) is 7.72. The van der Waals surface area contributed by atoms with Crippen molar-refractivity contribution in [1.29, 1.82) is 0 Å². The van der Waals surface area contributed by atoms with Crippen LogP contribution in [-0.4, -0.2) is 34.8 Å². The highest BCUT2D eigenvalue weighted by Crippen LogP contribution is 2.32. The summed E-state index contributed by atoms with van der Waals surface area (Å²) in [6.45, 7) is 5.18. The lowest BCUT2D eigenvalue weighted by Crippen LogP contribution is -2.41. The van der Waals surface area contributed by atoms with Crippen LogP contribution < -0.4 is 5.32 Å². The first-order valence-corrected chi connectivity index (χ1v) is 10.4. The zero-order valence-corrected chi connectivity index (χ0v) is 16.9. The molecule has 1 fully saturated rings. The van der Waals surface area contributed by atoms with E-state index in [1.54, 1.807) is 17.5 Å². The summed E-state index contributed by atoms with van der Waals surface area (Å²) in [5, 5.41) is 4.04. The van der Waals surface area contributed by atoms with Crippen LogP contribution in [0.2, 0.25) is 0 Å². The number of nitrogens with zero attached hydrogens (tertiary/aromatic N) is 2. The Balaban J connectivity index is 1.39. The Bertz CT molecular complexity index is 1020. The summed E-state index contributed by atoms with van der Waals surface area (Å²) < 4.78 is 1.14. The Hall–Kier alpha value is -2.73. The van der Waals surface area contributed by atoms with Crippen molar-refractivity contribution in [2.24, 2.45) is 5.92 Å². The first kappa shape index (κ1) is 18.6. The molecule has 144 valence electrons. The maximum absolute atomic E-state index is 13.0. The maximum Gasteiger partial charge on any atom is 0.264 e. The highest BCUT2D eigenvalue weighted by atomic mass is 32.1. The largest absolute Gasteiger partial charge is 0.338 e. The zero-order valence-electron chi connectivity index (χ0n) is 16.1. The van der Waals surface area contributed by atoms with E-state index in [0.717, 1.165) is 26.1 Å². The molecule has 28 heavy (non-hydrogen) atoms. The Morgan fingerprint density at radius 3 is 2.54 bits per heavy atom. The highest BCUT2D eigenvalue weighted by molar-refractivity contribution is 7.21. The van der Waals surface area contributed by atoms with Gasteiger partial charge in [-0.1, -0.05) is 24.3 Å². The van der Waals surface area contributed by atoms with Gasteiger partial charge in [-0.25, -0.2) is 4.98 Å². The monoisotopic (exact) mass is 393 g/mol. The molecule has 5 nitrogen and oxygen atoms in total. The summed E-state index contributed by atoms with van der Waals surface area (Å²) in [4.78, 5) is 32.5. The van der Waals surface area contributed by atoms with E-state index in [0.29, 0.717) is 31.7 Å². The number of anilines is 1. The van der Waals surface area contributed by atoms with Crippen LogP contribution in [0.4, 0.5) is 5.82 Å². The number of fused-ring (bicyclic) bond motifs is 1. The van der Waals surface area contributed by atoms with E-state index >= 15 is 0 Å². The lowest BCUT2D eigenvalue weighted by Gasteiger charge is -2.31. The van der Waals surface area contributed by atoms with E-state index in [4.69, 9.17) is 0 Å². The Kier molecular flexibility index (Phi) is 5.13. The first-order chi connectivity index (χ1) is 13.5. The molecule has 1 aliphatic rings. The second-order valence-electron chi connectivity index (χ2n) is 7.33. The van der Waals surface area contributed by atoms with Gasteiger partial charge in [0.05, 0.1) is 4.88 Å². The van der Waals surface area contributed by atoms with E-state index in [1.807, 2.05) is 43.0 Å². The average Bonchev–Trinajstić information content (AvgIpc) is 3.06. The Morgan fingerprint density at radius 2 is 1.86 bits per heavy atom. The van der Waals surface area contributed by atoms with Gasteiger partial charge >= 0.3 is 0 Å². The number of hydrogen-bond donors (Lipinski definition) is 1. The van der Waals surface area contributed by atoms with Crippen LogP contribution in [0.15, 0.2) is 42.6 Å². The molecule has 0 radical (unpaired) electrons. The van der Waals surface area contributed by atoms with Crippen molar-refractivity contribution in [3.05, 3.63) is 58.6 Å². The van der Waals surface area contributed by atoms with Crippen molar-refractivity contribution in [3.63, 3.8) is 0 Å². The molecule has 2 aromatic heterocycles. The van der Waals surface area contributed by atoms with Gasteiger partial charge in [-0.05, 0) is 55.3 Å². The van der Waals surface area contributed by atoms with Crippen LogP contribution in [0.25, 0.3) is 10.1 Å². The number of carbonyl (C=O) groups excluding carboxylic acids is 2. The van der Waals surface area contributed by atoms with Crippen LogP contribution in [0.5, 0.6) is 0 Å². The third kappa shape index (κ3) is 3.64. The fraction of sp³-hybridized carbons (Fsp3) is 0.318. The zero-order chi connectivity index (χ0) is 19.7. The van der Waals surface area contributed by atoms with Crippen molar-refractivity contribution in [2.45, 2.75) is 26.7 Å². The van der Waals surface area contributed by atoms with Crippen LogP contribution in [0.1, 0.15) is 33.6 Å². The number of carbonyl (C=O) groups is 2. The number of rotatable bonds is 3. The summed E-state index contributed by atoms with van der Waals surface area (Å²) >= 11 is 1.56. The third-order valence-electron chi connectivity index (χ3n) is 5.35. The molecule has 1 aromatic carbocycles. The van der Waals surface area contributed by atoms with Crippen molar-refractivity contribution < 1.29 is 9.59 Å². The predicted octanol–water partition coefficient (Wildman–Crippen LogP) is 4.40. The number of benzene rings is 1. The van der Waals surface area contributed by atoms with Crippen LogP contribution in [-0.2, 0) is 4.79 Å². The predicted molar refractivity (Wildman–Crippen MR) is 113 cm³/mol. The van der Waals surface area contributed by atoms with Crippen LogP contribution >= 0.6 is 11.3 Å². The van der Waals surface area contributed by atoms with Gasteiger partial charge in [-0.3, -0.25) is 9.59 Å². The molecule has 0 saturated carbocycles. The normalized spacial score (nSPS) is 15.0. The molecule has 1 aliphatic heterocycles. The molecule has 3 heterocycles. The van der Waals surface area contributed by atoms with Gasteiger partial charge < -0.3 is 10.2 Å². The van der Waals surface area contributed by atoms with E-state index < -0.39 is 0 Å². The third-order valence-corrected chi connectivity index (χ3v) is 6.61. The molecule has 0 aliphatic carbocycles. The number of aromatic nitrogens is 1. The molecule has 0 atom stereocenters. The number of nitrogens with one attached hydrogen (secondary N) is 1. The van der Waals surface area contributed by atoms with E-state index in [-0.39, 0.29) is 17.7 Å². The lowest BCUT2D eigenvalue weighted by atomic mass is 9.95. The van der Waals surface area contributed by atoms with Gasteiger partial charge in [0.1, 0.15) is 5.82 Å². The van der Waals surface area contributed by atoms with Crippen molar-refractivity contribution >= 4 is 39.1 Å². The van der Waals surface area contributed by atoms with E-state index in [9.17, 15) is 9.59 Å². The number of thiophene rings is 1. The summed E-state index contributed by atoms with van der Waals surface area (Å²) in [7, 11) is 0. The van der Waals surface area contributed by atoms with Gasteiger partial charge in [0.25, 0.3) is 5.91 Å². The van der Waals surface area contributed by atoms with Gasteiger partial charge in [-0.2, -0.15) is 0 Å². The summed E-state index contributed by atoms with van der Waals surface area (Å²) in [5.74, 6) is 0.560. The quantitative estimate of drug-likeness (QED) is 0.717. The summed E-state index contributed by atoms with van der Waals surface area (Å²) in [6.07, 6.45) is 3.09. The topological polar surface area (TPSA) is 62.3 Å². The van der Waals surface area contributed by atoms with Crippen LogP contribution in [0.3, 0.4) is 0 Å². The first-order valence-electron chi connectivity index (χ1n) is 9.54. The highest BCUT2D eigenvalue weighted by Gasteiger charge is 2.29. The lowest BCUT2D eigenvalue weighted by molar-refractivity contribution is -0.121. The molecule has 0 bridgehead atoms. The molecule has 2 amide bonds. The maximum atomic E-state index is 13.0. The minimum Gasteiger partial charge on any atom is -0.338 e. The minimum absolute atomic E-state index is 0.0125. The molecule has 3 aromatic rings. The van der Waals surface area contributed by atoms with Crippen molar-refractivity contribution in [1.82, 2.24) is 9.88 Å². The van der Waals surface area contributed by atoms with Gasteiger partial charge in [-0.15, -0.1) is 11.3 Å². The molecular formula is C22H23N3O2S. The van der Waals surface area contributed by atoms with Crippen LogP contribution in [0, 0.1) is 19.8 Å². The standard InChI is InChI=1S/C22H23N3O2S/c1-14-7-8-19(23-13-14)24-21(26)16-9-11-25(12-10-16)22(27)20-15(2)17-5-3-4-6-18(17)28-20/h3-8,13,16H,9-12H2,1-2H3,(H,23,24,26). The molecule has 1 N–H and O–H groups in total. The Morgan fingerprint density at radius 1 is 1.11 bits per heavy atom. The number of amides is 2. The fourth-order valence-electron chi connectivity index (χ4n) is 3.64. The molecule has 6 heteroatoms. The molecule has 0 unspecified atom stereocenters. The van der Waals surface area contributed by atoms with Crippen molar-refractivity contribution in [3.8, 4) is 0 Å². The number of likely N-dealkylation sites (tertiary alicyclic amines) is 1. The fourth-order valence-corrected chi connectivity index (χ4v) is 4.81. The Labute approximate surface area is 168 Å². The molecule has 4 rings (SSSR count). The number of piperidine rings is 1. The van der Waals surface area contributed by atoms with Gasteiger partial charge in [0.2, 0.25) is 5.91 Å². The van der Waals surface area contributed by atoms with Gasteiger partial charge in [0, 0.05) is 29.9 Å². The smallest absolute Gasteiger partial charge is 0.264 e. The van der Waals surface area contributed by atoms with Crippen molar-refractivity contribution in [2.75, 3.05) is 18.4 Å². The summed E-state index contributed by atoms with van der Waals surface area (Å²) in [5.41, 5.74) is 2.11. The molecule has 1 saturated heterocycles. The number of hydrogen-bond acceptors (Lipinski definition) is 4. The molecular weight excluding hydrogens is 370 g/mol. The van der Waals surface area contributed by atoms with Gasteiger partial charge in [0.15, 0.2) is 0 Å². The minimum atomic E-state index is -0.0874. The van der Waals surface area contributed by atoms with E-state index in [2.05, 4.69) is 22.4 Å². The number of pyridine rings is 1.